The van der Waals surface area contributed by atoms with E-state index >= 15 is 0 Å². The van der Waals surface area contributed by atoms with Gasteiger partial charge in [0.05, 0.1) is 11.4 Å². The number of amides is 1. The Morgan fingerprint density at radius 3 is 2.74 bits per heavy atom. The van der Waals surface area contributed by atoms with E-state index in [0.717, 1.165) is 53.2 Å². The number of aromatic nitrogens is 4. The second-order valence-electron chi connectivity index (χ2n) is 9.29. The average Bonchev–Trinajstić information content (AvgIpc) is 3.64. The van der Waals surface area contributed by atoms with Gasteiger partial charge in [-0.3, -0.25) is 14.7 Å². The fourth-order valence-electron chi connectivity index (χ4n) is 5.23. The number of hydrogen-bond acceptors (Lipinski definition) is 5. The molecule has 2 fully saturated rings. The van der Waals surface area contributed by atoms with Gasteiger partial charge in [0.2, 0.25) is 0 Å². The number of benzene rings is 1. The summed E-state index contributed by atoms with van der Waals surface area (Å²) in [5, 5.41) is 1.04. The number of likely N-dealkylation sites (tertiary alicyclic amines) is 2. The maximum absolute atomic E-state index is 13.2. The average molecular weight is 453 g/mol. The van der Waals surface area contributed by atoms with E-state index in [1.807, 2.05) is 41.3 Å². The van der Waals surface area contributed by atoms with E-state index in [4.69, 9.17) is 4.98 Å². The van der Waals surface area contributed by atoms with Crippen LogP contribution in [0.3, 0.4) is 0 Å². The third kappa shape index (κ3) is 4.19. The Labute approximate surface area is 198 Å². The third-order valence-electron chi connectivity index (χ3n) is 7.02. The number of carbonyl (C=O) groups is 1. The highest BCUT2D eigenvalue weighted by Crippen LogP contribution is 2.24. The van der Waals surface area contributed by atoms with E-state index in [2.05, 4.69) is 32.0 Å². The number of H-pyrrole nitrogens is 1. The maximum Gasteiger partial charge on any atom is 0.270 e. The van der Waals surface area contributed by atoms with Gasteiger partial charge >= 0.3 is 0 Å². The third-order valence-corrected chi connectivity index (χ3v) is 7.02. The van der Waals surface area contributed by atoms with E-state index in [0.29, 0.717) is 18.2 Å². The topological polar surface area (TPSA) is 78.0 Å². The minimum absolute atomic E-state index is 0.103. The fourth-order valence-corrected chi connectivity index (χ4v) is 5.23. The first kappa shape index (κ1) is 21.0. The van der Waals surface area contributed by atoms with Crippen molar-refractivity contribution >= 4 is 16.8 Å². The summed E-state index contributed by atoms with van der Waals surface area (Å²) in [7, 11) is 0. The predicted octanol–water partition coefficient (Wildman–Crippen LogP) is 3.92. The highest BCUT2D eigenvalue weighted by molar-refractivity contribution is 5.98. The normalized spacial score (nSPS) is 18.7. The molecule has 4 aromatic rings. The number of nitrogens with one attached hydrogen (secondary N) is 1. The van der Waals surface area contributed by atoms with Crippen LogP contribution in [0, 0.1) is 0 Å². The molecule has 2 saturated heterocycles. The first-order valence-corrected chi connectivity index (χ1v) is 12.1. The lowest BCUT2D eigenvalue weighted by atomic mass is 10.1. The molecule has 34 heavy (non-hydrogen) atoms. The van der Waals surface area contributed by atoms with E-state index in [9.17, 15) is 4.79 Å². The zero-order valence-electron chi connectivity index (χ0n) is 19.2. The van der Waals surface area contributed by atoms with Crippen LogP contribution in [-0.2, 0) is 6.42 Å². The van der Waals surface area contributed by atoms with Crippen LogP contribution in [0.25, 0.3) is 22.3 Å². The summed E-state index contributed by atoms with van der Waals surface area (Å²) in [6, 6.07) is 16.4. The van der Waals surface area contributed by atoms with Crippen LogP contribution in [0.2, 0.25) is 0 Å². The Morgan fingerprint density at radius 1 is 0.971 bits per heavy atom. The number of aromatic amines is 1. The van der Waals surface area contributed by atoms with Crippen LogP contribution in [0.5, 0.6) is 0 Å². The lowest BCUT2D eigenvalue weighted by Crippen LogP contribution is -2.37. The molecule has 0 saturated carbocycles. The molecule has 1 aromatic carbocycles. The molecule has 172 valence electrons. The van der Waals surface area contributed by atoms with Crippen LogP contribution in [-0.4, -0.2) is 67.9 Å². The molecule has 1 unspecified atom stereocenters. The molecule has 0 spiro atoms. The van der Waals surface area contributed by atoms with Crippen molar-refractivity contribution in [3.63, 3.8) is 0 Å². The minimum Gasteiger partial charge on any atom is -0.351 e. The number of carbonyl (C=O) groups excluding carboxylic acids is 1. The van der Waals surface area contributed by atoms with Crippen molar-refractivity contribution in [2.24, 2.45) is 0 Å². The molecule has 1 N–H and O–H groups in total. The Morgan fingerprint density at radius 2 is 1.88 bits per heavy atom. The molecule has 6 rings (SSSR count). The molecule has 0 bridgehead atoms. The number of fused-ring (bicyclic) bond motifs is 1. The second-order valence-corrected chi connectivity index (χ2v) is 9.29. The fraction of sp³-hybridized carbons (Fsp3) is 0.333. The largest absolute Gasteiger partial charge is 0.351 e. The Hall–Kier alpha value is -3.58. The highest BCUT2D eigenvalue weighted by atomic mass is 16.2. The molecule has 2 aliphatic rings. The Kier molecular flexibility index (Phi) is 5.55. The van der Waals surface area contributed by atoms with Crippen molar-refractivity contribution in [2.45, 2.75) is 31.7 Å². The zero-order valence-corrected chi connectivity index (χ0v) is 19.2. The first-order valence-electron chi connectivity index (χ1n) is 12.1. The first-order chi connectivity index (χ1) is 16.7. The van der Waals surface area contributed by atoms with Gasteiger partial charge in [0.25, 0.3) is 5.91 Å². The van der Waals surface area contributed by atoms with Gasteiger partial charge in [-0.1, -0.05) is 12.1 Å². The van der Waals surface area contributed by atoms with Crippen molar-refractivity contribution in [3.8, 4) is 11.4 Å². The molecule has 1 atom stereocenters. The molecular weight excluding hydrogens is 424 g/mol. The van der Waals surface area contributed by atoms with Crippen molar-refractivity contribution < 1.29 is 4.79 Å². The molecule has 7 nitrogen and oxygen atoms in total. The van der Waals surface area contributed by atoms with Gasteiger partial charge in [0, 0.05) is 48.8 Å². The van der Waals surface area contributed by atoms with E-state index < -0.39 is 0 Å². The van der Waals surface area contributed by atoms with Crippen molar-refractivity contribution in [2.75, 3.05) is 26.2 Å². The molecule has 7 heteroatoms. The summed E-state index contributed by atoms with van der Waals surface area (Å²) in [6.45, 7) is 4.03. The van der Waals surface area contributed by atoms with Gasteiger partial charge in [0.1, 0.15) is 11.5 Å². The zero-order chi connectivity index (χ0) is 22.9. The molecule has 2 aliphatic heterocycles. The van der Waals surface area contributed by atoms with Gasteiger partial charge < -0.3 is 9.88 Å². The summed E-state index contributed by atoms with van der Waals surface area (Å²) >= 11 is 0. The van der Waals surface area contributed by atoms with Crippen molar-refractivity contribution in [3.05, 3.63) is 78.0 Å². The van der Waals surface area contributed by atoms with Gasteiger partial charge in [-0.05, 0) is 74.3 Å². The molecule has 0 radical (unpaired) electrons. The van der Waals surface area contributed by atoms with Gasteiger partial charge in [-0.2, -0.15) is 0 Å². The van der Waals surface area contributed by atoms with Crippen molar-refractivity contribution in [1.82, 2.24) is 29.7 Å². The van der Waals surface area contributed by atoms with Crippen LogP contribution >= 0.6 is 0 Å². The summed E-state index contributed by atoms with van der Waals surface area (Å²) in [5.74, 6) is 0.852. The smallest absolute Gasteiger partial charge is 0.270 e. The predicted molar refractivity (Wildman–Crippen MR) is 131 cm³/mol. The van der Waals surface area contributed by atoms with Crippen LogP contribution in [0.15, 0.2) is 60.9 Å². The Balaban J connectivity index is 1.17. The monoisotopic (exact) mass is 452 g/mol. The van der Waals surface area contributed by atoms with Gasteiger partial charge in [0.15, 0.2) is 0 Å². The van der Waals surface area contributed by atoms with Gasteiger partial charge in [-0.15, -0.1) is 0 Å². The Bertz CT molecular complexity index is 1310. The van der Waals surface area contributed by atoms with E-state index in [1.54, 1.807) is 12.4 Å². The standard InChI is InChI=1S/C27H28N6O/c34-27(33-14-9-21(18-33)32-12-3-4-13-32)25-17-20-15-19(6-7-22(20)30-25)16-26-29-11-8-24(31-26)23-5-1-2-10-28-23/h1-2,5-8,10-11,15,17,21,30H,3-4,9,12-14,16,18H2. The van der Waals surface area contributed by atoms with Crippen molar-refractivity contribution in [1.29, 1.82) is 0 Å². The molecule has 1 amide bonds. The number of rotatable bonds is 5. The number of hydrogen-bond donors (Lipinski definition) is 1. The summed E-state index contributed by atoms with van der Waals surface area (Å²) in [5.41, 5.74) is 4.41. The van der Waals surface area contributed by atoms with Crippen LogP contribution < -0.4 is 0 Å². The van der Waals surface area contributed by atoms with Crippen LogP contribution in [0.1, 0.15) is 41.1 Å². The summed E-state index contributed by atoms with van der Waals surface area (Å²) in [6.07, 6.45) is 7.82. The lowest BCUT2D eigenvalue weighted by molar-refractivity contribution is 0.0775. The molecular formula is C27H28N6O. The quantitative estimate of drug-likeness (QED) is 0.497. The van der Waals surface area contributed by atoms with Crippen LogP contribution in [0.4, 0.5) is 0 Å². The van der Waals surface area contributed by atoms with Gasteiger partial charge in [-0.25, -0.2) is 9.97 Å². The lowest BCUT2D eigenvalue weighted by Gasteiger charge is -2.23. The number of nitrogens with zero attached hydrogens (tertiary/aromatic N) is 5. The van der Waals surface area contributed by atoms with E-state index in [1.165, 1.54) is 25.9 Å². The number of pyridine rings is 1. The SMILES string of the molecule is O=C(c1cc2cc(Cc3nccc(-c4ccccn4)n3)ccc2[nH]1)N1CCC(N2CCCC2)C1. The second kappa shape index (κ2) is 8.99. The summed E-state index contributed by atoms with van der Waals surface area (Å²) < 4.78 is 0. The van der Waals surface area contributed by atoms with E-state index in [-0.39, 0.29) is 5.91 Å². The minimum atomic E-state index is 0.103. The maximum atomic E-state index is 13.2. The molecule has 0 aliphatic carbocycles. The summed E-state index contributed by atoms with van der Waals surface area (Å²) in [4.78, 5) is 34.6. The molecule has 5 heterocycles. The highest BCUT2D eigenvalue weighted by Gasteiger charge is 2.32. The molecule has 3 aromatic heterocycles.